The summed E-state index contributed by atoms with van der Waals surface area (Å²) in [6.07, 6.45) is 0.555. The van der Waals surface area contributed by atoms with Crippen molar-refractivity contribution in [3.05, 3.63) is 35.9 Å². The number of carboxylic acid groups (broad SMARTS) is 1. The lowest BCUT2D eigenvalue weighted by molar-refractivity contribution is -0.142. The number of carbonyl (C=O) groups excluding carboxylic acids is 3. The highest BCUT2D eigenvalue weighted by Gasteiger charge is 2.28. The molecule has 3 unspecified atom stereocenters. The third kappa shape index (κ3) is 9.89. The third-order valence-electron chi connectivity index (χ3n) is 4.43. The zero-order valence-electron chi connectivity index (χ0n) is 17.9. The number of guanidine groups is 1. The van der Waals surface area contributed by atoms with Crippen LogP contribution in [0.2, 0.25) is 0 Å². The van der Waals surface area contributed by atoms with Gasteiger partial charge in [-0.05, 0) is 25.3 Å². The van der Waals surface area contributed by atoms with E-state index in [4.69, 9.17) is 17.2 Å². The number of nitrogens with zero attached hydrogens (tertiary/aromatic N) is 1. The molecule has 0 fully saturated rings. The summed E-state index contributed by atoms with van der Waals surface area (Å²) in [5.41, 5.74) is 16.5. The van der Waals surface area contributed by atoms with Crippen molar-refractivity contribution < 1.29 is 24.3 Å². The van der Waals surface area contributed by atoms with E-state index in [0.29, 0.717) is 6.42 Å². The number of aliphatic imine (C=N–C) groups is 1. The Hall–Kier alpha value is -3.67. The molecule has 1 aromatic rings. The summed E-state index contributed by atoms with van der Waals surface area (Å²) in [4.78, 5) is 52.2. The van der Waals surface area contributed by atoms with Gasteiger partial charge < -0.3 is 38.3 Å². The summed E-state index contributed by atoms with van der Waals surface area (Å²) < 4.78 is 0. The average Bonchev–Trinajstić information content (AvgIpc) is 2.75. The number of benzene rings is 1. The summed E-state index contributed by atoms with van der Waals surface area (Å²) in [6, 6.07) is 5.61. The predicted octanol–water partition coefficient (Wildman–Crippen LogP) is -2.20. The SMILES string of the molecule is CC(NC(=O)CN)C(=O)NC(CCCN=C(N)N)C(=O)NC(Cc1ccccc1)C(=O)O. The Morgan fingerprint density at radius 3 is 2.19 bits per heavy atom. The lowest BCUT2D eigenvalue weighted by Gasteiger charge is -2.23. The van der Waals surface area contributed by atoms with Crippen LogP contribution in [0.5, 0.6) is 0 Å². The largest absolute Gasteiger partial charge is 0.480 e. The first-order valence-electron chi connectivity index (χ1n) is 10.1. The fourth-order valence-electron chi connectivity index (χ4n) is 2.76. The number of hydrogen-bond donors (Lipinski definition) is 7. The van der Waals surface area contributed by atoms with Crippen LogP contribution in [-0.2, 0) is 25.6 Å². The van der Waals surface area contributed by atoms with Crippen molar-refractivity contribution in [1.82, 2.24) is 16.0 Å². The van der Waals surface area contributed by atoms with Gasteiger partial charge in [0.15, 0.2) is 5.96 Å². The number of carbonyl (C=O) groups is 4. The molecular weight excluding hydrogens is 418 g/mol. The first-order chi connectivity index (χ1) is 15.1. The van der Waals surface area contributed by atoms with E-state index in [1.54, 1.807) is 30.3 Å². The minimum absolute atomic E-state index is 0.0690. The Morgan fingerprint density at radius 1 is 1.00 bits per heavy atom. The van der Waals surface area contributed by atoms with E-state index in [1.165, 1.54) is 6.92 Å². The Morgan fingerprint density at radius 2 is 1.62 bits per heavy atom. The zero-order chi connectivity index (χ0) is 24.1. The van der Waals surface area contributed by atoms with Crippen LogP contribution in [-0.4, -0.2) is 66.0 Å². The number of nitrogens with one attached hydrogen (secondary N) is 3. The Kier molecular flexibility index (Phi) is 11.2. The predicted molar refractivity (Wildman–Crippen MR) is 118 cm³/mol. The van der Waals surface area contributed by atoms with Gasteiger partial charge in [0, 0.05) is 13.0 Å². The van der Waals surface area contributed by atoms with Crippen molar-refractivity contribution in [2.45, 2.75) is 44.3 Å². The van der Waals surface area contributed by atoms with Crippen LogP contribution in [0.3, 0.4) is 0 Å². The van der Waals surface area contributed by atoms with Gasteiger partial charge in [-0.2, -0.15) is 0 Å². The number of aliphatic carboxylic acids is 1. The quantitative estimate of drug-likeness (QED) is 0.0993. The van der Waals surface area contributed by atoms with E-state index in [2.05, 4.69) is 20.9 Å². The number of rotatable bonds is 13. The molecule has 0 saturated heterocycles. The second-order valence-corrected chi connectivity index (χ2v) is 7.09. The molecule has 3 amide bonds. The zero-order valence-corrected chi connectivity index (χ0v) is 17.9. The number of amides is 3. The van der Waals surface area contributed by atoms with E-state index >= 15 is 0 Å². The van der Waals surface area contributed by atoms with Gasteiger partial charge in [0.05, 0.1) is 6.54 Å². The fourth-order valence-corrected chi connectivity index (χ4v) is 2.76. The maximum Gasteiger partial charge on any atom is 0.326 e. The van der Waals surface area contributed by atoms with Crippen LogP contribution in [0.15, 0.2) is 35.3 Å². The van der Waals surface area contributed by atoms with Crippen molar-refractivity contribution in [2.75, 3.05) is 13.1 Å². The second-order valence-electron chi connectivity index (χ2n) is 7.09. The van der Waals surface area contributed by atoms with Gasteiger partial charge in [-0.3, -0.25) is 19.4 Å². The van der Waals surface area contributed by atoms with Gasteiger partial charge in [-0.1, -0.05) is 30.3 Å². The molecule has 0 bridgehead atoms. The first-order valence-corrected chi connectivity index (χ1v) is 10.1. The topological polar surface area (TPSA) is 215 Å². The van der Waals surface area contributed by atoms with Crippen molar-refractivity contribution >= 4 is 29.7 Å². The molecule has 32 heavy (non-hydrogen) atoms. The average molecular weight is 450 g/mol. The van der Waals surface area contributed by atoms with E-state index in [9.17, 15) is 24.3 Å². The van der Waals surface area contributed by atoms with Gasteiger partial charge in [-0.25, -0.2) is 4.79 Å². The lowest BCUT2D eigenvalue weighted by Crippen LogP contribution is -2.55. The molecule has 1 aromatic carbocycles. The molecule has 0 spiro atoms. The molecule has 0 aromatic heterocycles. The van der Waals surface area contributed by atoms with Crippen LogP contribution < -0.4 is 33.2 Å². The van der Waals surface area contributed by atoms with E-state index in [1.807, 2.05) is 0 Å². The van der Waals surface area contributed by atoms with Gasteiger partial charge in [0.1, 0.15) is 18.1 Å². The van der Waals surface area contributed by atoms with E-state index in [0.717, 1.165) is 5.56 Å². The van der Waals surface area contributed by atoms with Crippen molar-refractivity contribution in [3.63, 3.8) is 0 Å². The summed E-state index contributed by atoms with van der Waals surface area (Å²) >= 11 is 0. The molecule has 0 saturated carbocycles. The lowest BCUT2D eigenvalue weighted by atomic mass is 10.0. The van der Waals surface area contributed by atoms with Crippen molar-refractivity contribution in [1.29, 1.82) is 0 Å². The highest BCUT2D eigenvalue weighted by Crippen LogP contribution is 2.06. The van der Waals surface area contributed by atoms with Gasteiger partial charge in [-0.15, -0.1) is 0 Å². The third-order valence-corrected chi connectivity index (χ3v) is 4.43. The molecule has 0 heterocycles. The highest BCUT2D eigenvalue weighted by molar-refractivity contribution is 5.93. The highest BCUT2D eigenvalue weighted by atomic mass is 16.4. The summed E-state index contributed by atoms with van der Waals surface area (Å²) in [5, 5.41) is 16.9. The normalized spacial score (nSPS) is 13.2. The number of hydrogen-bond acceptors (Lipinski definition) is 6. The molecular formula is C20H31N7O5. The van der Waals surface area contributed by atoms with Crippen LogP contribution in [0, 0.1) is 0 Å². The van der Waals surface area contributed by atoms with Crippen molar-refractivity contribution in [3.8, 4) is 0 Å². The molecule has 0 aliphatic heterocycles. The molecule has 0 aliphatic rings. The van der Waals surface area contributed by atoms with Crippen LogP contribution in [0.1, 0.15) is 25.3 Å². The smallest absolute Gasteiger partial charge is 0.326 e. The molecule has 10 N–H and O–H groups in total. The number of carboxylic acids is 1. The maximum atomic E-state index is 12.8. The van der Waals surface area contributed by atoms with Crippen LogP contribution in [0.25, 0.3) is 0 Å². The first kappa shape index (κ1) is 26.4. The molecule has 176 valence electrons. The standard InChI is InChI=1S/C20H31N7O5/c1-12(25-16(28)11-21)17(29)26-14(8-5-9-24-20(22)23)18(30)27-15(19(31)32)10-13-6-3-2-4-7-13/h2-4,6-7,12,14-15H,5,8-11,21H2,1H3,(H,25,28)(H,26,29)(H,27,30)(H,31,32)(H4,22,23,24). The Labute approximate surface area is 186 Å². The van der Waals surface area contributed by atoms with Crippen molar-refractivity contribution in [2.24, 2.45) is 22.2 Å². The van der Waals surface area contributed by atoms with Gasteiger partial charge in [0.25, 0.3) is 0 Å². The molecule has 0 radical (unpaired) electrons. The summed E-state index contributed by atoms with van der Waals surface area (Å²) in [7, 11) is 0. The second kappa shape index (κ2) is 13.6. The maximum absolute atomic E-state index is 12.8. The Bertz CT molecular complexity index is 812. The number of nitrogens with two attached hydrogens (primary N) is 3. The minimum Gasteiger partial charge on any atom is -0.480 e. The summed E-state index contributed by atoms with van der Waals surface area (Å²) in [6.45, 7) is 1.36. The van der Waals surface area contributed by atoms with Gasteiger partial charge in [0.2, 0.25) is 17.7 Å². The monoisotopic (exact) mass is 449 g/mol. The minimum atomic E-state index is -1.21. The Balaban J connectivity index is 2.88. The molecule has 12 nitrogen and oxygen atoms in total. The fraction of sp³-hybridized carbons (Fsp3) is 0.450. The van der Waals surface area contributed by atoms with E-state index in [-0.39, 0.29) is 31.9 Å². The molecule has 1 rings (SSSR count). The molecule has 3 atom stereocenters. The van der Waals surface area contributed by atoms with E-state index < -0.39 is 41.8 Å². The van der Waals surface area contributed by atoms with Gasteiger partial charge >= 0.3 is 5.97 Å². The van der Waals surface area contributed by atoms with Crippen LogP contribution >= 0.6 is 0 Å². The molecule has 0 aliphatic carbocycles. The summed E-state index contributed by atoms with van der Waals surface area (Å²) in [5.74, 6) is -3.15. The molecule has 12 heteroatoms. The van der Waals surface area contributed by atoms with Crippen LogP contribution in [0.4, 0.5) is 0 Å².